The molecule has 0 radical (unpaired) electrons. The Bertz CT molecular complexity index is 981. The lowest BCUT2D eigenvalue weighted by Crippen LogP contribution is -2.48. The second kappa shape index (κ2) is 8.92. The highest BCUT2D eigenvalue weighted by Gasteiger charge is 2.36. The molecule has 1 aliphatic heterocycles. The SMILES string of the molecule is [2H]C([2H])(C)c1cnc(C([2H])([2H])NCC2(F)CCN(C(=O)c3ccc(F)c(Cl)c3)CC2)nc1. The van der Waals surface area contributed by atoms with Gasteiger partial charge < -0.3 is 10.2 Å². The number of halogens is 3. The zero-order chi connectivity index (χ0) is 23.7. The maximum atomic E-state index is 15.3. The van der Waals surface area contributed by atoms with Crippen LogP contribution < -0.4 is 5.32 Å². The summed E-state index contributed by atoms with van der Waals surface area (Å²) in [6.45, 7) is -0.968. The van der Waals surface area contributed by atoms with Crippen molar-refractivity contribution < 1.29 is 19.1 Å². The average Bonchev–Trinajstić information content (AvgIpc) is 2.74. The summed E-state index contributed by atoms with van der Waals surface area (Å²) in [5.41, 5.74) is -1.32. The Kier molecular flexibility index (Phi) is 5.02. The standard InChI is InChI=1S/C20H23ClF2N4O/c1-2-14-10-25-18(26-11-14)12-24-13-20(23)5-7-27(8-6-20)19(28)15-3-4-17(22)16(21)9-15/h3-4,9-11,24H,2,5-8,12-13H2,1H3/i2D2,12D2. The summed E-state index contributed by atoms with van der Waals surface area (Å²) >= 11 is 5.73. The van der Waals surface area contributed by atoms with Crippen molar-refractivity contribution in [2.75, 3.05) is 19.6 Å². The number of rotatable bonds is 6. The lowest BCUT2D eigenvalue weighted by Gasteiger charge is -2.36. The predicted octanol–water partition coefficient (Wildman–Crippen LogP) is 3.57. The summed E-state index contributed by atoms with van der Waals surface area (Å²) < 4.78 is 60.1. The molecule has 0 saturated carbocycles. The zero-order valence-electron chi connectivity index (χ0n) is 19.3. The maximum Gasteiger partial charge on any atom is 0.253 e. The fourth-order valence-electron chi connectivity index (χ4n) is 2.90. The number of nitrogens with one attached hydrogen (secondary N) is 1. The quantitative estimate of drug-likeness (QED) is 0.788. The third-order valence-electron chi connectivity index (χ3n) is 4.66. The van der Waals surface area contributed by atoms with Crippen LogP contribution in [-0.4, -0.2) is 46.1 Å². The van der Waals surface area contributed by atoms with Gasteiger partial charge in [-0.3, -0.25) is 4.79 Å². The van der Waals surface area contributed by atoms with E-state index < -0.39 is 24.4 Å². The molecular weight excluding hydrogens is 386 g/mol. The fourth-order valence-corrected chi connectivity index (χ4v) is 3.08. The van der Waals surface area contributed by atoms with Gasteiger partial charge in [0.15, 0.2) is 0 Å². The van der Waals surface area contributed by atoms with Crippen LogP contribution in [0.4, 0.5) is 8.78 Å². The number of benzene rings is 1. The van der Waals surface area contributed by atoms with Crippen molar-refractivity contribution in [3.63, 3.8) is 0 Å². The Morgan fingerprint density at radius 2 is 2.04 bits per heavy atom. The predicted molar refractivity (Wildman–Crippen MR) is 104 cm³/mol. The largest absolute Gasteiger partial charge is 0.338 e. The van der Waals surface area contributed by atoms with Crippen molar-refractivity contribution in [1.82, 2.24) is 20.2 Å². The summed E-state index contributed by atoms with van der Waals surface area (Å²) in [5, 5.41) is 2.35. The Hall–Kier alpha value is -2.12. The number of hydrogen-bond donors (Lipinski definition) is 1. The van der Waals surface area contributed by atoms with Crippen LogP contribution in [0, 0.1) is 5.82 Å². The van der Waals surface area contributed by atoms with Gasteiger partial charge in [-0.15, -0.1) is 0 Å². The number of hydrogen-bond acceptors (Lipinski definition) is 4. The number of likely N-dealkylation sites (tertiary alicyclic amines) is 1. The first kappa shape index (κ1) is 15.8. The molecule has 0 spiro atoms. The van der Waals surface area contributed by atoms with E-state index in [1.54, 1.807) is 0 Å². The minimum Gasteiger partial charge on any atom is -0.338 e. The third-order valence-corrected chi connectivity index (χ3v) is 4.95. The molecule has 2 heterocycles. The second-order valence-corrected chi connectivity index (χ2v) is 7.00. The minimum atomic E-state index is -2.23. The molecule has 28 heavy (non-hydrogen) atoms. The first-order valence-corrected chi connectivity index (χ1v) is 9.20. The lowest BCUT2D eigenvalue weighted by atomic mass is 9.92. The van der Waals surface area contributed by atoms with Crippen molar-refractivity contribution in [1.29, 1.82) is 0 Å². The summed E-state index contributed by atoms with van der Waals surface area (Å²) in [4.78, 5) is 21.8. The van der Waals surface area contributed by atoms with E-state index in [0.29, 0.717) is 0 Å². The van der Waals surface area contributed by atoms with Gasteiger partial charge in [0.2, 0.25) is 0 Å². The third kappa shape index (κ3) is 5.02. The smallest absolute Gasteiger partial charge is 0.253 e. The Labute approximate surface area is 173 Å². The molecule has 3 rings (SSSR count). The van der Waals surface area contributed by atoms with Crippen LogP contribution in [0.1, 0.15) is 47.0 Å². The Morgan fingerprint density at radius 3 is 2.64 bits per heavy atom. The lowest BCUT2D eigenvalue weighted by molar-refractivity contribution is 0.0434. The van der Waals surface area contributed by atoms with Gasteiger partial charge in [-0.25, -0.2) is 18.7 Å². The summed E-state index contributed by atoms with van der Waals surface area (Å²) in [5.74, 6) is -1.23. The van der Waals surface area contributed by atoms with Gasteiger partial charge in [0.25, 0.3) is 5.91 Å². The number of carbonyl (C=O) groups is 1. The molecule has 8 heteroatoms. The first-order chi connectivity index (χ1) is 14.8. The Morgan fingerprint density at radius 1 is 1.36 bits per heavy atom. The topological polar surface area (TPSA) is 58.1 Å². The molecule has 0 atom stereocenters. The number of alkyl halides is 1. The molecule has 1 aromatic carbocycles. The van der Waals surface area contributed by atoms with Crippen molar-refractivity contribution in [3.05, 3.63) is 58.4 Å². The zero-order valence-corrected chi connectivity index (χ0v) is 16.1. The molecule has 1 fully saturated rings. The van der Waals surface area contributed by atoms with E-state index in [2.05, 4.69) is 15.3 Å². The molecule has 1 saturated heterocycles. The highest BCUT2D eigenvalue weighted by Crippen LogP contribution is 2.27. The molecule has 1 aromatic heterocycles. The molecule has 1 amide bonds. The molecule has 0 unspecified atom stereocenters. The number of aromatic nitrogens is 2. The maximum absolute atomic E-state index is 15.3. The number of piperidine rings is 1. The molecule has 2 aromatic rings. The number of carbonyl (C=O) groups excluding carboxylic acids is 1. The van der Waals surface area contributed by atoms with Crippen LogP contribution in [0.15, 0.2) is 30.6 Å². The van der Waals surface area contributed by atoms with Crippen LogP contribution in [0.5, 0.6) is 0 Å². The van der Waals surface area contributed by atoms with Crippen LogP contribution >= 0.6 is 11.6 Å². The first-order valence-electron chi connectivity index (χ1n) is 10.8. The van der Waals surface area contributed by atoms with E-state index in [-0.39, 0.29) is 60.4 Å². The molecule has 0 bridgehead atoms. The monoisotopic (exact) mass is 412 g/mol. The van der Waals surface area contributed by atoms with Crippen molar-refractivity contribution in [2.45, 2.75) is 38.3 Å². The van der Waals surface area contributed by atoms with Gasteiger partial charge in [0.05, 0.1) is 14.3 Å². The number of amides is 1. The van der Waals surface area contributed by atoms with Crippen LogP contribution in [-0.2, 0) is 12.9 Å². The van der Waals surface area contributed by atoms with Gasteiger partial charge in [-0.05, 0) is 30.1 Å². The van der Waals surface area contributed by atoms with E-state index in [4.69, 9.17) is 17.1 Å². The van der Waals surface area contributed by atoms with E-state index in [0.717, 1.165) is 6.07 Å². The van der Waals surface area contributed by atoms with Gasteiger partial charge in [0, 0.05) is 53.2 Å². The highest BCUT2D eigenvalue weighted by molar-refractivity contribution is 6.31. The highest BCUT2D eigenvalue weighted by atomic mass is 35.5. The summed E-state index contributed by atoms with van der Waals surface area (Å²) in [6, 6.07) is 3.67. The van der Waals surface area contributed by atoms with Crippen LogP contribution in [0.25, 0.3) is 0 Å². The van der Waals surface area contributed by atoms with E-state index in [9.17, 15) is 9.18 Å². The molecule has 5 nitrogen and oxygen atoms in total. The van der Waals surface area contributed by atoms with E-state index >= 15 is 4.39 Å². The molecule has 150 valence electrons. The summed E-state index contributed by atoms with van der Waals surface area (Å²) in [7, 11) is 0. The van der Waals surface area contributed by atoms with Crippen LogP contribution in [0.3, 0.4) is 0 Å². The van der Waals surface area contributed by atoms with Crippen molar-refractivity contribution in [3.8, 4) is 0 Å². The van der Waals surface area contributed by atoms with Gasteiger partial charge in [-0.1, -0.05) is 18.5 Å². The van der Waals surface area contributed by atoms with Gasteiger partial charge >= 0.3 is 0 Å². The second-order valence-electron chi connectivity index (χ2n) is 6.60. The molecular formula is C20H23ClF2N4O. The minimum absolute atomic E-state index is 0.00736. The van der Waals surface area contributed by atoms with Crippen LogP contribution in [0.2, 0.25) is 5.02 Å². The van der Waals surface area contributed by atoms with E-state index in [1.165, 1.54) is 36.4 Å². The van der Waals surface area contributed by atoms with Crippen molar-refractivity contribution in [2.24, 2.45) is 0 Å². The molecule has 0 aliphatic carbocycles. The van der Waals surface area contributed by atoms with Gasteiger partial charge in [0.1, 0.15) is 17.3 Å². The molecule has 1 N–H and O–H groups in total. The normalized spacial score (nSPS) is 19.4. The Balaban J connectivity index is 1.58. The number of aryl methyl sites for hydroxylation is 1. The fraction of sp³-hybridized carbons (Fsp3) is 0.450. The number of nitrogens with zero attached hydrogens (tertiary/aromatic N) is 3. The van der Waals surface area contributed by atoms with E-state index in [1.807, 2.05) is 0 Å². The van der Waals surface area contributed by atoms with Crippen molar-refractivity contribution >= 4 is 17.5 Å². The average molecular weight is 413 g/mol. The summed E-state index contributed by atoms with van der Waals surface area (Å²) in [6.07, 6.45) is 0.739. The van der Waals surface area contributed by atoms with Gasteiger partial charge in [-0.2, -0.15) is 0 Å². The molecule has 1 aliphatic rings.